The van der Waals surface area contributed by atoms with Gasteiger partial charge in [-0.2, -0.15) is 4.31 Å². The number of nitrogens with zero attached hydrogens (tertiary/aromatic N) is 1. The minimum Gasteiger partial charge on any atom is -0.295 e. The maximum absolute atomic E-state index is 14.3. The van der Waals surface area contributed by atoms with Crippen LogP contribution in [0, 0.1) is 29.1 Å². The molecule has 0 amide bonds. The zero-order chi connectivity index (χ0) is 20.8. The van der Waals surface area contributed by atoms with E-state index in [0.29, 0.717) is 17.1 Å². The number of Topliss-reactive ketones (excluding diaryl/α,β-unsaturated/α-hetero) is 1. The first-order valence-corrected chi connectivity index (χ1v) is 9.62. The maximum atomic E-state index is 14.3. The van der Waals surface area contributed by atoms with E-state index in [4.69, 9.17) is 0 Å². The lowest BCUT2D eigenvalue weighted by atomic mass is 10.1. The van der Waals surface area contributed by atoms with Gasteiger partial charge in [-0.25, -0.2) is 30.4 Å². The lowest BCUT2D eigenvalue weighted by molar-refractivity contribution is 0.101. The van der Waals surface area contributed by atoms with E-state index in [0.717, 1.165) is 6.07 Å². The third kappa shape index (κ3) is 3.66. The summed E-state index contributed by atoms with van der Waals surface area (Å²) in [5.74, 6) is -9.52. The first kappa shape index (κ1) is 20.4. The summed E-state index contributed by atoms with van der Waals surface area (Å²) in [6.45, 7) is 0.687. The molecule has 1 aliphatic carbocycles. The molecule has 0 saturated heterocycles. The van der Waals surface area contributed by atoms with Crippen molar-refractivity contribution in [2.45, 2.75) is 37.2 Å². The fraction of sp³-hybridized carbons (Fsp3) is 0.278. The molecule has 0 aliphatic heterocycles. The summed E-state index contributed by atoms with van der Waals surface area (Å²) < 4.78 is 94.8. The molecule has 1 aliphatic rings. The summed E-state index contributed by atoms with van der Waals surface area (Å²) in [5, 5.41) is 0. The van der Waals surface area contributed by atoms with Gasteiger partial charge in [-0.1, -0.05) is 12.1 Å². The van der Waals surface area contributed by atoms with Crippen LogP contribution in [0.4, 0.5) is 22.0 Å². The van der Waals surface area contributed by atoms with E-state index in [9.17, 15) is 35.2 Å². The Kier molecular flexibility index (Phi) is 5.28. The molecule has 3 rings (SSSR count). The second-order valence-corrected chi connectivity index (χ2v) is 8.30. The third-order valence-electron chi connectivity index (χ3n) is 4.40. The van der Waals surface area contributed by atoms with Gasteiger partial charge in [0.15, 0.2) is 29.1 Å². The predicted octanol–water partition coefficient (Wildman–Crippen LogP) is 3.94. The van der Waals surface area contributed by atoms with Gasteiger partial charge in [-0.05, 0) is 25.8 Å². The number of hydrogen-bond acceptors (Lipinski definition) is 3. The third-order valence-corrected chi connectivity index (χ3v) is 6.29. The zero-order valence-electron chi connectivity index (χ0n) is 14.5. The number of hydrogen-bond donors (Lipinski definition) is 0. The van der Waals surface area contributed by atoms with Crippen LogP contribution in [0.5, 0.6) is 0 Å². The summed E-state index contributed by atoms with van der Waals surface area (Å²) in [5.41, 5.74) is -0.0280. The average Bonchev–Trinajstić information content (AvgIpc) is 3.46. The monoisotopic (exact) mass is 419 g/mol. The van der Waals surface area contributed by atoms with E-state index in [1.165, 1.54) is 19.1 Å². The SMILES string of the molecule is CC(=O)c1ccc(CN(C2CC2)S(=O)(=O)c2cc(F)c(F)c(F)c2F)c(F)c1. The molecule has 2 aromatic rings. The van der Waals surface area contributed by atoms with Crippen LogP contribution in [0.1, 0.15) is 35.7 Å². The van der Waals surface area contributed by atoms with Gasteiger partial charge >= 0.3 is 0 Å². The largest absolute Gasteiger partial charge is 0.295 e. The lowest BCUT2D eigenvalue weighted by Gasteiger charge is -2.23. The van der Waals surface area contributed by atoms with Gasteiger partial charge in [0.25, 0.3) is 0 Å². The van der Waals surface area contributed by atoms with E-state index < -0.39 is 62.4 Å². The van der Waals surface area contributed by atoms with Crippen LogP contribution in [-0.2, 0) is 16.6 Å². The number of ketones is 1. The zero-order valence-corrected chi connectivity index (χ0v) is 15.3. The van der Waals surface area contributed by atoms with Crippen molar-refractivity contribution in [1.29, 1.82) is 0 Å². The second-order valence-electron chi connectivity index (χ2n) is 6.44. The molecule has 0 N–H and O–H groups in total. The molecular weight excluding hydrogens is 405 g/mol. The van der Waals surface area contributed by atoms with E-state index in [-0.39, 0.29) is 17.2 Å². The van der Waals surface area contributed by atoms with Crippen LogP contribution in [0.2, 0.25) is 0 Å². The standard InChI is InChI=1S/C18H14F5NO3S/c1-9(25)10-2-3-11(13(19)6-10)8-24(12-4-5-12)28(26,27)15-7-14(20)16(21)18(23)17(15)22/h2-3,6-7,12H,4-5,8H2,1H3. The Morgan fingerprint density at radius 2 is 1.64 bits per heavy atom. The molecule has 150 valence electrons. The van der Waals surface area contributed by atoms with Crippen LogP contribution in [-0.4, -0.2) is 24.5 Å². The molecule has 0 aromatic heterocycles. The van der Waals surface area contributed by atoms with Crippen molar-refractivity contribution < 1.29 is 35.2 Å². The van der Waals surface area contributed by atoms with E-state index in [2.05, 4.69) is 0 Å². The molecule has 0 atom stereocenters. The maximum Gasteiger partial charge on any atom is 0.246 e. The minimum atomic E-state index is -4.79. The molecule has 0 unspecified atom stereocenters. The summed E-state index contributed by atoms with van der Waals surface area (Å²) in [7, 11) is -4.79. The number of rotatable bonds is 6. The number of benzene rings is 2. The molecule has 2 aromatic carbocycles. The first-order chi connectivity index (χ1) is 13.0. The van der Waals surface area contributed by atoms with Crippen molar-refractivity contribution in [2.24, 2.45) is 0 Å². The molecule has 0 radical (unpaired) electrons. The highest BCUT2D eigenvalue weighted by Gasteiger charge is 2.41. The van der Waals surface area contributed by atoms with Crippen LogP contribution >= 0.6 is 0 Å². The number of halogens is 5. The van der Waals surface area contributed by atoms with E-state index in [1.807, 2.05) is 0 Å². The summed E-state index contributed by atoms with van der Waals surface area (Å²) in [6.07, 6.45) is 0.778. The quantitative estimate of drug-likeness (QED) is 0.309. The van der Waals surface area contributed by atoms with Crippen LogP contribution in [0.15, 0.2) is 29.2 Å². The Balaban J connectivity index is 2.03. The van der Waals surface area contributed by atoms with Crippen LogP contribution in [0.25, 0.3) is 0 Å². The number of carbonyl (C=O) groups excluding carboxylic acids is 1. The Bertz CT molecular complexity index is 1070. The van der Waals surface area contributed by atoms with Gasteiger partial charge in [0.1, 0.15) is 10.7 Å². The molecule has 0 bridgehead atoms. The summed E-state index contributed by atoms with van der Waals surface area (Å²) in [6, 6.07) is 2.89. The molecule has 1 fully saturated rings. The summed E-state index contributed by atoms with van der Waals surface area (Å²) in [4.78, 5) is 9.94. The van der Waals surface area contributed by atoms with Gasteiger partial charge in [0, 0.05) is 29.8 Å². The highest BCUT2D eigenvalue weighted by atomic mass is 32.2. The Morgan fingerprint density at radius 3 is 2.18 bits per heavy atom. The normalized spacial score (nSPS) is 14.5. The van der Waals surface area contributed by atoms with Crippen LogP contribution < -0.4 is 0 Å². The molecule has 4 nitrogen and oxygen atoms in total. The van der Waals surface area contributed by atoms with Crippen molar-refractivity contribution in [1.82, 2.24) is 4.31 Å². The molecular formula is C18H14F5NO3S. The Labute approximate surface area is 157 Å². The van der Waals surface area contributed by atoms with Gasteiger partial charge in [0.05, 0.1) is 0 Å². The van der Waals surface area contributed by atoms with Gasteiger partial charge in [-0.15, -0.1) is 0 Å². The minimum absolute atomic E-state index is 0.0632. The van der Waals surface area contributed by atoms with Gasteiger partial charge in [0.2, 0.25) is 10.0 Å². The van der Waals surface area contributed by atoms with Crippen LogP contribution in [0.3, 0.4) is 0 Å². The van der Waals surface area contributed by atoms with Crippen molar-refractivity contribution in [3.8, 4) is 0 Å². The molecule has 28 heavy (non-hydrogen) atoms. The first-order valence-electron chi connectivity index (χ1n) is 8.18. The predicted molar refractivity (Wildman–Crippen MR) is 88.4 cm³/mol. The number of sulfonamides is 1. The Hall–Kier alpha value is -2.33. The van der Waals surface area contributed by atoms with Gasteiger partial charge < -0.3 is 0 Å². The molecule has 0 spiro atoms. The van der Waals surface area contributed by atoms with Gasteiger partial charge in [-0.3, -0.25) is 4.79 Å². The second kappa shape index (κ2) is 7.25. The Morgan fingerprint density at radius 1 is 1.00 bits per heavy atom. The fourth-order valence-electron chi connectivity index (χ4n) is 2.70. The molecule has 10 heteroatoms. The van der Waals surface area contributed by atoms with Crippen molar-refractivity contribution in [3.63, 3.8) is 0 Å². The lowest BCUT2D eigenvalue weighted by Crippen LogP contribution is -2.34. The fourth-order valence-corrected chi connectivity index (χ4v) is 4.43. The smallest absolute Gasteiger partial charge is 0.246 e. The van der Waals surface area contributed by atoms with E-state index >= 15 is 0 Å². The van der Waals surface area contributed by atoms with Crippen molar-refractivity contribution >= 4 is 15.8 Å². The highest BCUT2D eigenvalue weighted by molar-refractivity contribution is 7.89. The van der Waals surface area contributed by atoms with E-state index in [1.54, 1.807) is 0 Å². The molecule has 0 heterocycles. The average molecular weight is 419 g/mol. The molecule has 1 saturated carbocycles. The summed E-state index contributed by atoms with van der Waals surface area (Å²) >= 11 is 0. The van der Waals surface area contributed by atoms with Crippen molar-refractivity contribution in [2.75, 3.05) is 0 Å². The van der Waals surface area contributed by atoms with Crippen molar-refractivity contribution in [3.05, 3.63) is 64.5 Å². The number of carbonyl (C=O) groups is 1. The topological polar surface area (TPSA) is 54.5 Å². The highest BCUT2D eigenvalue weighted by Crippen LogP contribution is 2.35.